The monoisotopic (exact) mass is 277 g/mol. The van der Waals surface area contributed by atoms with E-state index < -0.39 is 8.32 Å². The zero-order chi connectivity index (χ0) is 14.6. The van der Waals surface area contributed by atoms with Crippen molar-refractivity contribution in [2.75, 3.05) is 0 Å². The van der Waals surface area contributed by atoms with Crippen molar-refractivity contribution in [2.24, 2.45) is 0 Å². The largest absolute Gasteiger partial charge is 0.542 e. The molecule has 0 bridgehead atoms. The molecule has 0 amide bonds. The highest BCUT2D eigenvalue weighted by atomic mass is 28.4. The highest BCUT2D eigenvalue weighted by molar-refractivity contribution is 6.78. The number of nitrogens with zero attached hydrogens (tertiary/aromatic N) is 1. The number of hydrogen-bond acceptors (Lipinski definition) is 2. The molecule has 0 fully saturated rings. The fourth-order valence-corrected chi connectivity index (χ4v) is 8.39. The lowest BCUT2D eigenvalue weighted by molar-refractivity contribution is 0.443. The summed E-state index contributed by atoms with van der Waals surface area (Å²) in [7, 11) is -1.91. The Morgan fingerprint density at radius 2 is 1.58 bits per heavy atom. The van der Waals surface area contributed by atoms with Gasteiger partial charge in [-0.05, 0) is 28.8 Å². The van der Waals surface area contributed by atoms with Crippen LogP contribution in [0.3, 0.4) is 0 Å². The second-order valence-corrected chi connectivity index (χ2v) is 11.4. The summed E-state index contributed by atoms with van der Waals surface area (Å²) < 4.78 is 6.49. The first kappa shape index (κ1) is 16.0. The summed E-state index contributed by atoms with van der Waals surface area (Å²) in [4.78, 5) is 4.34. The molecule has 2 nitrogen and oxygen atoms in total. The molecule has 106 valence electrons. The third kappa shape index (κ3) is 3.27. The minimum atomic E-state index is -1.91. The van der Waals surface area contributed by atoms with E-state index >= 15 is 0 Å². The molecular formula is C16H27NOSi. The smallest absolute Gasteiger partial charge is 0.258 e. The van der Waals surface area contributed by atoms with Crippen LogP contribution in [0.5, 0.6) is 0 Å². The van der Waals surface area contributed by atoms with Crippen molar-refractivity contribution in [2.45, 2.75) is 58.2 Å². The Labute approximate surface area is 119 Å². The molecule has 0 saturated heterocycles. The molecule has 1 rings (SSSR count). The summed E-state index contributed by atoms with van der Waals surface area (Å²) >= 11 is 0. The van der Waals surface area contributed by atoms with Crippen molar-refractivity contribution in [3.05, 3.63) is 36.7 Å². The van der Waals surface area contributed by atoms with E-state index in [2.05, 4.69) is 53.1 Å². The van der Waals surface area contributed by atoms with Gasteiger partial charge < -0.3 is 4.43 Å². The Kier molecular flexibility index (Phi) is 5.35. The topological polar surface area (TPSA) is 22.1 Å². The lowest BCUT2D eigenvalue weighted by Crippen LogP contribution is -2.47. The summed E-state index contributed by atoms with van der Waals surface area (Å²) in [5.41, 5.74) is 2.50. The van der Waals surface area contributed by atoms with Gasteiger partial charge in [-0.3, -0.25) is 4.98 Å². The molecule has 0 aliphatic heterocycles. The first-order valence-electron chi connectivity index (χ1n) is 7.11. The summed E-state index contributed by atoms with van der Waals surface area (Å²) in [6.45, 7) is 17.8. The number of hydrogen-bond donors (Lipinski definition) is 0. The van der Waals surface area contributed by atoms with Crippen LogP contribution in [0.2, 0.25) is 16.6 Å². The van der Waals surface area contributed by atoms with Gasteiger partial charge in [0.25, 0.3) is 8.32 Å². The quantitative estimate of drug-likeness (QED) is 0.523. The van der Waals surface area contributed by atoms with Crippen molar-refractivity contribution < 1.29 is 4.43 Å². The van der Waals surface area contributed by atoms with E-state index in [1.54, 1.807) is 6.20 Å². The van der Waals surface area contributed by atoms with Crippen molar-refractivity contribution in [3.63, 3.8) is 0 Å². The number of pyridine rings is 1. The zero-order valence-electron chi connectivity index (χ0n) is 13.1. The SMILES string of the molecule is C=C(O[Si](C(C)C)(C(C)C)C(C)C)c1ccccn1. The van der Waals surface area contributed by atoms with E-state index in [1.807, 2.05) is 18.2 Å². The van der Waals surface area contributed by atoms with Crippen LogP contribution in [-0.2, 0) is 4.43 Å². The second-order valence-electron chi connectivity index (χ2n) is 6.06. The van der Waals surface area contributed by atoms with E-state index in [0.29, 0.717) is 16.6 Å². The minimum absolute atomic E-state index is 0.549. The van der Waals surface area contributed by atoms with E-state index in [-0.39, 0.29) is 0 Å². The molecule has 3 heteroatoms. The van der Waals surface area contributed by atoms with Crippen LogP contribution in [0.15, 0.2) is 31.0 Å². The van der Waals surface area contributed by atoms with Crippen LogP contribution in [0.4, 0.5) is 0 Å². The van der Waals surface area contributed by atoms with Gasteiger partial charge in [0.15, 0.2) is 0 Å². The lowest BCUT2D eigenvalue weighted by Gasteiger charge is -2.42. The van der Waals surface area contributed by atoms with Gasteiger partial charge in [0.1, 0.15) is 11.5 Å². The van der Waals surface area contributed by atoms with Crippen LogP contribution in [0.25, 0.3) is 5.76 Å². The first-order valence-corrected chi connectivity index (χ1v) is 9.25. The summed E-state index contributed by atoms with van der Waals surface area (Å²) in [5.74, 6) is 0.725. The highest BCUT2D eigenvalue weighted by Crippen LogP contribution is 2.44. The average Bonchev–Trinajstić information content (AvgIpc) is 2.35. The molecule has 0 aromatic carbocycles. The average molecular weight is 277 g/mol. The maximum absolute atomic E-state index is 6.49. The molecule has 0 radical (unpaired) electrons. The van der Waals surface area contributed by atoms with E-state index in [9.17, 15) is 0 Å². The van der Waals surface area contributed by atoms with Gasteiger partial charge in [-0.15, -0.1) is 0 Å². The molecule has 0 spiro atoms. The van der Waals surface area contributed by atoms with Gasteiger partial charge in [-0.25, -0.2) is 0 Å². The fraction of sp³-hybridized carbons (Fsp3) is 0.562. The van der Waals surface area contributed by atoms with Gasteiger partial charge in [0, 0.05) is 6.20 Å². The predicted octanol–water partition coefficient (Wildman–Crippen LogP) is 5.24. The molecule has 0 aliphatic carbocycles. The third-order valence-electron chi connectivity index (χ3n) is 3.96. The Morgan fingerprint density at radius 3 is 1.95 bits per heavy atom. The predicted molar refractivity (Wildman–Crippen MR) is 85.4 cm³/mol. The zero-order valence-corrected chi connectivity index (χ0v) is 14.1. The van der Waals surface area contributed by atoms with Crippen molar-refractivity contribution >= 4 is 14.1 Å². The minimum Gasteiger partial charge on any atom is -0.542 e. The third-order valence-corrected chi connectivity index (χ3v) is 9.97. The highest BCUT2D eigenvalue weighted by Gasteiger charge is 2.47. The molecule has 0 N–H and O–H groups in total. The Hall–Kier alpha value is -1.09. The van der Waals surface area contributed by atoms with Crippen LogP contribution in [0.1, 0.15) is 47.2 Å². The molecular weight excluding hydrogens is 250 g/mol. The maximum Gasteiger partial charge on any atom is 0.258 e. The maximum atomic E-state index is 6.49. The summed E-state index contributed by atoms with van der Waals surface area (Å²) in [6.07, 6.45) is 1.78. The second kappa shape index (κ2) is 6.37. The van der Waals surface area contributed by atoms with Gasteiger partial charge in [-0.1, -0.05) is 54.2 Å². The molecule has 0 unspecified atom stereocenters. The summed E-state index contributed by atoms with van der Waals surface area (Å²) in [6, 6.07) is 5.84. The van der Waals surface area contributed by atoms with E-state index in [0.717, 1.165) is 11.5 Å². The normalized spacial score (nSPS) is 12.3. The van der Waals surface area contributed by atoms with Gasteiger partial charge in [-0.2, -0.15) is 0 Å². The van der Waals surface area contributed by atoms with Gasteiger partial charge in [0.05, 0.1) is 0 Å². The fourth-order valence-electron chi connectivity index (χ4n) is 3.15. The molecule has 0 aliphatic rings. The van der Waals surface area contributed by atoms with Crippen molar-refractivity contribution in [3.8, 4) is 0 Å². The van der Waals surface area contributed by atoms with Crippen LogP contribution < -0.4 is 0 Å². The van der Waals surface area contributed by atoms with Crippen molar-refractivity contribution in [1.29, 1.82) is 0 Å². The molecule has 1 aromatic rings. The van der Waals surface area contributed by atoms with Crippen LogP contribution in [-0.4, -0.2) is 13.3 Å². The molecule has 0 saturated carbocycles. The molecule has 1 aromatic heterocycles. The van der Waals surface area contributed by atoms with Crippen LogP contribution >= 0.6 is 0 Å². The van der Waals surface area contributed by atoms with Gasteiger partial charge in [0.2, 0.25) is 0 Å². The number of rotatable bonds is 6. The Bertz CT molecular complexity index is 390. The Balaban J connectivity index is 3.05. The standard InChI is InChI=1S/C16H27NOSi/c1-12(2)19(13(3)4,14(5)6)18-15(7)16-10-8-9-11-17-16/h8-14H,7H2,1-6H3. The van der Waals surface area contributed by atoms with E-state index in [1.165, 1.54) is 0 Å². The van der Waals surface area contributed by atoms with E-state index in [4.69, 9.17) is 4.43 Å². The lowest BCUT2D eigenvalue weighted by atomic mass is 10.3. The molecule has 0 atom stereocenters. The Morgan fingerprint density at radius 1 is 1.05 bits per heavy atom. The molecule has 19 heavy (non-hydrogen) atoms. The van der Waals surface area contributed by atoms with Crippen molar-refractivity contribution in [1.82, 2.24) is 4.98 Å². The number of aromatic nitrogens is 1. The first-order chi connectivity index (χ1) is 8.82. The molecule has 1 heterocycles. The van der Waals surface area contributed by atoms with Crippen LogP contribution in [0, 0.1) is 0 Å². The van der Waals surface area contributed by atoms with Gasteiger partial charge >= 0.3 is 0 Å². The summed E-state index contributed by atoms with van der Waals surface area (Å²) in [5, 5.41) is 0.